The van der Waals surface area contributed by atoms with E-state index in [-0.39, 0.29) is 0 Å². The molecule has 21 heavy (non-hydrogen) atoms. The van der Waals surface area contributed by atoms with E-state index in [2.05, 4.69) is 20.8 Å². The van der Waals surface area contributed by atoms with E-state index in [1.54, 1.807) is 0 Å². The quantitative estimate of drug-likeness (QED) is 0.261. The smallest absolute Gasteiger partial charge is 0.192 e. The van der Waals surface area contributed by atoms with Gasteiger partial charge in [0.25, 0.3) is 0 Å². The van der Waals surface area contributed by atoms with Gasteiger partial charge in [0, 0.05) is 6.10 Å². The van der Waals surface area contributed by atoms with Crippen molar-refractivity contribution in [3.8, 4) is 0 Å². The molecule has 0 aromatic carbocycles. The van der Waals surface area contributed by atoms with Gasteiger partial charge < -0.3 is 4.43 Å². The predicted octanol–water partition coefficient (Wildman–Crippen LogP) is 7.07. The maximum Gasteiger partial charge on any atom is 0.192 e. The maximum absolute atomic E-state index is 6.77. The molecule has 0 spiro atoms. The van der Waals surface area contributed by atoms with Gasteiger partial charge in [-0.05, 0) is 31.0 Å². The van der Waals surface area contributed by atoms with Crippen molar-refractivity contribution in [1.29, 1.82) is 0 Å². The summed E-state index contributed by atoms with van der Waals surface area (Å²) in [5.41, 5.74) is 0. The summed E-state index contributed by atoms with van der Waals surface area (Å²) >= 11 is 0. The zero-order valence-corrected chi connectivity index (χ0v) is 16.1. The lowest BCUT2D eigenvalue weighted by Gasteiger charge is -2.31. The van der Waals surface area contributed by atoms with E-state index >= 15 is 0 Å². The monoisotopic (exact) mass is 312 g/mol. The molecule has 1 aliphatic rings. The van der Waals surface area contributed by atoms with Gasteiger partial charge in [-0.2, -0.15) is 0 Å². The van der Waals surface area contributed by atoms with Gasteiger partial charge in [0.05, 0.1) is 0 Å². The minimum atomic E-state index is -1.29. The average Bonchev–Trinajstić information content (AvgIpc) is 2.95. The van der Waals surface area contributed by atoms with E-state index in [0.29, 0.717) is 6.10 Å². The zero-order valence-electron chi connectivity index (χ0n) is 15.1. The summed E-state index contributed by atoms with van der Waals surface area (Å²) in [6.07, 6.45) is 17.3. The van der Waals surface area contributed by atoms with Gasteiger partial charge in [-0.25, -0.2) is 0 Å². The zero-order chi connectivity index (χ0) is 15.4. The van der Waals surface area contributed by atoms with Crippen molar-refractivity contribution in [3.63, 3.8) is 0 Å². The van der Waals surface area contributed by atoms with Crippen LogP contribution in [0.2, 0.25) is 18.1 Å². The molecule has 0 radical (unpaired) electrons. The van der Waals surface area contributed by atoms with Gasteiger partial charge in [-0.1, -0.05) is 85.0 Å². The second kappa shape index (κ2) is 11.7. The molecule has 1 fully saturated rings. The van der Waals surface area contributed by atoms with Crippen molar-refractivity contribution < 1.29 is 4.43 Å². The number of hydrogen-bond donors (Lipinski definition) is 0. The Labute approximate surface area is 135 Å². The predicted molar refractivity (Wildman–Crippen MR) is 97.5 cm³/mol. The van der Waals surface area contributed by atoms with Crippen molar-refractivity contribution in [2.24, 2.45) is 0 Å². The average molecular weight is 313 g/mol. The summed E-state index contributed by atoms with van der Waals surface area (Å²) in [4.78, 5) is 0. The first-order valence-electron chi connectivity index (χ1n) is 9.94. The van der Waals surface area contributed by atoms with E-state index in [0.717, 1.165) is 0 Å². The molecule has 0 bridgehead atoms. The Bertz CT molecular complexity index is 236. The molecule has 1 unspecified atom stereocenters. The third-order valence-corrected chi connectivity index (χ3v) is 9.97. The van der Waals surface area contributed by atoms with Crippen molar-refractivity contribution in [3.05, 3.63) is 0 Å². The third-order valence-electron chi connectivity index (χ3n) is 5.32. The Morgan fingerprint density at radius 1 is 0.762 bits per heavy atom. The normalized spacial score (nSPS) is 19.0. The number of rotatable bonds is 13. The molecule has 0 amide bonds. The minimum absolute atomic E-state index is 0.593. The second-order valence-corrected chi connectivity index (χ2v) is 11.5. The molecule has 0 aromatic heterocycles. The topological polar surface area (TPSA) is 9.23 Å². The van der Waals surface area contributed by atoms with Gasteiger partial charge in [0.2, 0.25) is 0 Å². The lowest BCUT2D eigenvalue weighted by molar-refractivity contribution is 0.163. The molecular formula is C19H40OSi. The summed E-state index contributed by atoms with van der Waals surface area (Å²) in [6, 6.07) is 4.24. The molecule has 1 nitrogen and oxygen atoms in total. The first-order chi connectivity index (χ1) is 10.3. The number of hydrogen-bond acceptors (Lipinski definition) is 1. The van der Waals surface area contributed by atoms with Crippen molar-refractivity contribution in [1.82, 2.24) is 0 Å². The Morgan fingerprint density at radius 2 is 1.38 bits per heavy atom. The highest BCUT2D eigenvalue weighted by Crippen LogP contribution is 2.36. The highest BCUT2D eigenvalue weighted by Gasteiger charge is 2.38. The van der Waals surface area contributed by atoms with Crippen LogP contribution in [0.25, 0.3) is 0 Å². The molecule has 1 aliphatic heterocycles. The van der Waals surface area contributed by atoms with E-state index in [4.69, 9.17) is 4.43 Å². The Hall–Kier alpha value is 0.177. The minimum Gasteiger partial charge on any atom is -0.414 e. The summed E-state index contributed by atoms with van der Waals surface area (Å²) in [7, 11) is -1.29. The van der Waals surface area contributed by atoms with E-state index in [1.165, 1.54) is 95.2 Å². The molecule has 1 rings (SSSR count). The van der Waals surface area contributed by atoms with Crippen LogP contribution in [0.4, 0.5) is 0 Å². The van der Waals surface area contributed by atoms with Crippen molar-refractivity contribution >= 4 is 8.32 Å². The van der Waals surface area contributed by atoms with Crippen LogP contribution >= 0.6 is 0 Å². The molecule has 126 valence electrons. The van der Waals surface area contributed by atoms with E-state index in [9.17, 15) is 0 Å². The van der Waals surface area contributed by atoms with Crippen LogP contribution in [0.3, 0.4) is 0 Å². The van der Waals surface area contributed by atoms with Crippen LogP contribution in [0, 0.1) is 0 Å². The largest absolute Gasteiger partial charge is 0.414 e. The van der Waals surface area contributed by atoms with Crippen LogP contribution in [0.15, 0.2) is 0 Å². The molecule has 0 aliphatic carbocycles. The molecule has 1 saturated heterocycles. The standard InChI is InChI=1S/C19H40OSi/c1-4-7-8-9-10-11-12-16-19(15-5-2)20-21(6-3)17-13-14-18-21/h19H,4-18H2,1-3H3. The Kier molecular flexibility index (Phi) is 10.7. The Balaban J connectivity index is 2.20. The summed E-state index contributed by atoms with van der Waals surface area (Å²) < 4.78 is 6.77. The van der Waals surface area contributed by atoms with Gasteiger partial charge >= 0.3 is 0 Å². The van der Waals surface area contributed by atoms with Crippen molar-refractivity contribution in [2.75, 3.05) is 0 Å². The maximum atomic E-state index is 6.77. The summed E-state index contributed by atoms with van der Waals surface area (Å²) in [5.74, 6) is 0. The highest BCUT2D eigenvalue weighted by molar-refractivity contribution is 6.74. The highest BCUT2D eigenvalue weighted by atomic mass is 28.4. The van der Waals surface area contributed by atoms with Gasteiger partial charge in [0.15, 0.2) is 8.32 Å². The fourth-order valence-corrected chi connectivity index (χ4v) is 7.93. The van der Waals surface area contributed by atoms with Crippen LogP contribution in [-0.2, 0) is 4.43 Å². The van der Waals surface area contributed by atoms with Crippen LogP contribution in [-0.4, -0.2) is 14.4 Å². The molecule has 0 N–H and O–H groups in total. The Morgan fingerprint density at radius 3 is 1.95 bits per heavy atom. The van der Waals surface area contributed by atoms with E-state index < -0.39 is 8.32 Å². The second-order valence-electron chi connectivity index (χ2n) is 7.18. The summed E-state index contributed by atoms with van der Waals surface area (Å²) in [6.45, 7) is 6.99. The van der Waals surface area contributed by atoms with E-state index in [1.807, 2.05) is 0 Å². The van der Waals surface area contributed by atoms with Crippen LogP contribution < -0.4 is 0 Å². The third kappa shape index (κ3) is 7.83. The molecule has 1 atom stereocenters. The first-order valence-corrected chi connectivity index (χ1v) is 12.5. The fourth-order valence-electron chi connectivity index (χ4n) is 3.84. The van der Waals surface area contributed by atoms with Crippen LogP contribution in [0.5, 0.6) is 0 Å². The molecule has 0 saturated carbocycles. The van der Waals surface area contributed by atoms with Gasteiger partial charge in [0.1, 0.15) is 0 Å². The fraction of sp³-hybridized carbons (Fsp3) is 1.00. The molecule has 1 heterocycles. The van der Waals surface area contributed by atoms with Crippen LogP contribution in [0.1, 0.15) is 97.8 Å². The lowest BCUT2D eigenvalue weighted by atomic mass is 10.0. The molecular weight excluding hydrogens is 272 g/mol. The number of unbranched alkanes of at least 4 members (excludes halogenated alkanes) is 6. The lowest BCUT2D eigenvalue weighted by Crippen LogP contribution is -2.38. The van der Waals surface area contributed by atoms with Gasteiger partial charge in [-0.3, -0.25) is 0 Å². The van der Waals surface area contributed by atoms with Crippen molar-refractivity contribution in [2.45, 2.75) is 122 Å². The SMILES string of the molecule is CCCCCCCCCC(CCC)O[Si]1(CC)CCCC1. The first kappa shape index (κ1) is 19.2. The van der Waals surface area contributed by atoms with Gasteiger partial charge in [-0.15, -0.1) is 0 Å². The molecule has 2 heteroatoms. The summed E-state index contributed by atoms with van der Waals surface area (Å²) in [5, 5.41) is 0. The molecule has 0 aromatic rings.